The maximum Gasteiger partial charge on any atom is 0.306 e. The number of hydrogen-bond acceptors (Lipinski definition) is 5. The summed E-state index contributed by atoms with van der Waals surface area (Å²) in [6, 6.07) is 8.85. The van der Waals surface area contributed by atoms with E-state index in [-0.39, 0.29) is 24.5 Å². The van der Waals surface area contributed by atoms with Crippen LogP contribution in [0, 0.1) is 11.3 Å². The van der Waals surface area contributed by atoms with Crippen LogP contribution in [-0.4, -0.2) is 66.6 Å². The summed E-state index contributed by atoms with van der Waals surface area (Å²) >= 11 is 0. The van der Waals surface area contributed by atoms with Gasteiger partial charge in [-0.3, -0.25) is 9.59 Å². The summed E-state index contributed by atoms with van der Waals surface area (Å²) in [5, 5.41) is 18.0. The first-order valence-electron chi connectivity index (χ1n) is 8.04. The molecule has 1 aromatic carbocycles. The number of carbonyl (C=O) groups is 2. The van der Waals surface area contributed by atoms with Crippen LogP contribution in [0.4, 0.5) is 0 Å². The highest BCUT2D eigenvalue weighted by molar-refractivity contribution is 6.01. The molecule has 2 rings (SSSR count). The van der Waals surface area contributed by atoms with Gasteiger partial charge in [-0.25, -0.2) is 0 Å². The van der Waals surface area contributed by atoms with Crippen LogP contribution in [0.25, 0.3) is 6.08 Å². The van der Waals surface area contributed by atoms with E-state index in [1.54, 1.807) is 29.2 Å². The Kier molecular flexibility index (Phi) is 6.54. The number of carboxylic acids is 1. The second-order valence-electron chi connectivity index (χ2n) is 5.83. The second-order valence-corrected chi connectivity index (χ2v) is 5.83. The van der Waals surface area contributed by atoms with Gasteiger partial charge in [-0.1, -0.05) is 12.1 Å². The Labute approximate surface area is 146 Å². The molecule has 1 heterocycles. The molecule has 1 amide bonds. The number of rotatable bonds is 6. The third kappa shape index (κ3) is 5.62. The van der Waals surface area contributed by atoms with Crippen LogP contribution in [-0.2, 0) is 9.59 Å². The van der Waals surface area contributed by atoms with E-state index < -0.39 is 5.97 Å². The zero-order valence-corrected chi connectivity index (χ0v) is 14.1. The molecular formula is C18H21N3O4. The highest BCUT2D eigenvalue weighted by Crippen LogP contribution is 2.17. The van der Waals surface area contributed by atoms with Crippen LogP contribution in [0.15, 0.2) is 29.8 Å². The van der Waals surface area contributed by atoms with E-state index in [0.717, 1.165) is 13.1 Å². The fraction of sp³-hybridized carbons (Fsp3) is 0.389. The minimum atomic E-state index is -0.930. The van der Waals surface area contributed by atoms with E-state index in [4.69, 9.17) is 9.84 Å². The largest absolute Gasteiger partial charge is 0.493 e. The molecular weight excluding hydrogens is 322 g/mol. The summed E-state index contributed by atoms with van der Waals surface area (Å²) in [5.41, 5.74) is 0.735. The predicted molar refractivity (Wildman–Crippen MR) is 91.9 cm³/mol. The Balaban J connectivity index is 2.07. The Hall–Kier alpha value is -2.85. The Bertz CT molecular complexity index is 701. The molecule has 0 unspecified atom stereocenters. The fourth-order valence-corrected chi connectivity index (χ4v) is 2.44. The number of carbonyl (C=O) groups excluding carboxylic acids is 1. The van der Waals surface area contributed by atoms with Crippen molar-refractivity contribution in [2.45, 2.75) is 6.42 Å². The van der Waals surface area contributed by atoms with Gasteiger partial charge in [0, 0.05) is 26.2 Å². The van der Waals surface area contributed by atoms with Gasteiger partial charge in [0.15, 0.2) is 0 Å². The maximum absolute atomic E-state index is 12.5. The number of hydrogen-bond donors (Lipinski definition) is 1. The molecule has 1 fully saturated rings. The molecule has 25 heavy (non-hydrogen) atoms. The molecule has 1 aliphatic heterocycles. The van der Waals surface area contributed by atoms with Crippen LogP contribution in [0.1, 0.15) is 12.0 Å². The van der Waals surface area contributed by atoms with Crippen molar-refractivity contribution in [3.8, 4) is 11.8 Å². The zero-order chi connectivity index (χ0) is 18.2. The lowest BCUT2D eigenvalue weighted by molar-refractivity contribution is -0.137. The van der Waals surface area contributed by atoms with Crippen molar-refractivity contribution in [1.82, 2.24) is 9.80 Å². The molecule has 0 atom stereocenters. The second kappa shape index (κ2) is 8.85. The lowest BCUT2D eigenvalue weighted by Crippen LogP contribution is -2.47. The molecule has 7 nitrogen and oxygen atoms in total. The number of likely N-dealkylation sites (N-methyl/N-ethyl adjacent to an activating group) is 1. The molecule has 7 heteroatoms. The zero-order valence-electron chi connectivity index (χ0n) is 14.1. The van der Waals surface area contributed by atoms with E-state index in [1.165, 1.54) is 6.08 Å². The van der Waals surface area contributed by atoms with Gasteiger partial charge in [0.25, 0.3) is 5.91 Å². The smallest absolute Gasteiger partial charge is 0.306 e. The minimum absolute atomic E-state index is 0.0633. The summed E-state index contributed by atoms with van der Waals surface area (Å²) in [7, 11) is 2.00. The minimum Gasteiger partial charge on any atom is -0.493 e. The average molecular weight is 343 g/mol. The topological polar surface area (TPSA) is 93.9 Å². The van der Waals surface area contributed by atoms with Crippen LogP contribution in [0.5, 0.6) is 5.75 Å². The van der Waals surface area contributed by atoms with Crippen molar-refractivity contribution in [1.29, 1.82) is 5.26 Å². The number of benzene rings is 1. The molecule has 0 saturated carbocycles. The van der Waals surface area contributed by atoms with Crippen molar-refractivity contribution in [3.05, 3.63) is 35.4 Å². The SMILES string of the molecule is CN1CCN(C(=O)C(C#N)=Cc2cccc(OCCC(=O)O)c2)CC1. The van der Waals surface area contributed by atoms with Crippen LogP contribution in [0.2, 0.25) is 0 Å². The lowest BCUT2D eigenvalue weighted by atomic mass is 10.1. The Morgan fingerprint density at radius 2 is 2.04 bits per heavy atom. The standard InChI is InChI=1S/C18H21N3O4/c1-20-6-8-21(9-7-20)18(24)15(13-19)11-14-3-2-4-16(12-14)25-10-5-17(22)23/h2-4,11-12H,5-10H2,1H3,(H,22,23). The average Bonchev–Trinajstić information content (AvgIpc) is 2.60. The Morgan fingerprint density at radius 3 is 2.68 bits per heavy atom. The quantitative estimate of drug-likeness (QED) is 0.616. The van der Waals surface area contributed by atoms with E-state index in [9.17, 15) is 14.9 Å². The van der Waals surface area contributed by atoms with Gasteiger partial charge >= 0.3 is 5.97 Å². The first-order valence-corrected chi connectivity index (χ1v) is 8.04. The van der Waals surface area contributed by atoms with E-state index >= 15 is 0 Å². The third-order valence-electron chi connectivity index (χ3n) is 3.90. The van der Waals surface area contributed by atoms with Crippen LogP contribution in [0.3, 0.4) is 0 Å². The van der Waals surface area contributed by atoms with Crippen molar-refractivity contribution in [3.63, 3.8) is 0 Å². The summed E-state index contributed by atoms with van der Waals surface area (Å²) in [6.07, 6.45) is 1.44. The molecule has 0 spiro atoms. The van der Waals surface area contributed by atoms with E-state index in [0.29, 0.717) is 24.4 Å². The molecule has 132 valence electrons. The summed E-state index contributed by atoms with van der Waals surface area (Å²) in [4.78, 5) is 26.8. The normalized spacial score (nSPS) is 15.5. The molecule has 1 aromatic rings. The molecule has 0 bridgehead atoms. The van der Waals surface area contributed by atoms with Crippen molar-refractivity contribution < 1.29 is 19.4 Å². The van der Waals surface area contributed by atoms with Crippen molar-refractivity contribution in [2.75, 3.05) is 39.8 Å². The number of aliphatic carboxylic acids is 1. The van der Waals surface area contributed by atoms with Gasteiger partial charge < -0.3 is 19.6 Å². The highest BCUT2D eigenvalue weighted by atomic mass is 16.5. The third-order valence-corrected chi connectivity index (χ3v) is 3.90. The maximum atomic E-state index is 12.5. The van der Waals surface area contributed by atoms with Gasteiger partial charge in [0.2, 0.25) is 0 Å². The van der Waals surface area contributed by atoms with Gasteiger partial charge in [0.05, 0.1) is 13.0 Å². The number of piperazine rings is 1. The lowest BCUT2D eigenvalue weighted by Gasteiger charge is -2.32. The Morgan fingerprint density at radius 1 is 1.32 bits per heavy atom. The number of amides is 1. The van der Waals surface area contributed by atoms with E-state index in [2.05, 4.69) is 4.90 Å². The van der Waals surface area contributed by atoms with Crippen LogP contribution < -0.4 is 4.74 Å². The summed E-state index contributed by atoms with van der Waals surface area (Å²) in [5.74, 6) is -0.701. The number of nitriles is 1. The van der Waals surface area contributed by atoms with Crippen molar-refractivity contribution >= 4 is 18.0 Å². The predicted octanol–water partition coefficient (Wildman–Crippen LogP) is 1.22. The molecule has 0 aliphatic carbocycles. The number of nitrogens with zero attached hydrogens (tertiary/aromatic N) is 3. The van der Waals surface area contributed by atoms with Gasteiger partial charge in [0.1, 0.15) is 17.4 Å². The molecule has 0 aromatic heterocycles. The molecule has 0 radical (unpaired) electrons. The molecule has 1 aliphatic rings. The summed E-state index contributed by atoms with van der Waals surface area (Å²) < 4.78 is 5.37. The number of carboxylic acid groups (broad SMARTS) is 1. The summed E-state index contributed by atoms with van der Waals surface area (Å²) in [6.45, 7) is 2.85. The number of ether oxygens (including phenoxy) is 1. The van der Waals surface area contributed by atoms with Gasteiger partial charge in [-0.05, 0) is 30.8 Å². The fourth-order valence-electron chi connectivity index (χ4n) is 2.44. The monoisotopic (exact) mass is 343 g/mol. The van der Waals surface area contributed by atoms with Gasteiger partial charge in [-0.15, -0.1) is 0 Å². The first kappa shape index (κ1) is 18.5. The highest BCUT2D eigenvalue weighted by Gasteiger charge is 2.22. The van der Waals surface area contributed by atoms with Crippen LogP contribution >= 0.6 is 0 Å². The molecule has 1 N–H and O–H groups in total. The van der Waals surface area contributed by atoms with E-state index in [1.807, 2.05) is 13.1 Å². The molecule has 1 saturated heterocycles. The van der Waals surface area contributed by atoms with Gasteiger partial charge in [-0.2, -0.15) is 5.26 Å². The first-order chi connectivity index (χ1) is 12.0. The van der Waals surface area contributed by atoms with Crippen molar-refractivity contribution in [2.24, 2.45) is 0 Å².